The molecule has 1 aromatic heterocycles. The van der Waals surface area contributed by atoms with Crippen molar-refractivity contribution in [2.75, 3.05) is 7.11 Å². The number of benzene rings is 3. The molecule has 0 amide bonds. The molecule has 6 rings (SSSR count). The molecule has 4 aromatic rings. The van der Waals surface area contributed by atoms with Crippen LogP contribution in [0.3, 0.4) is 0 Å². The minimum Gasteiger partial charge on any atom is -0.497 e. The van der Waals surface area contributed by atoms with Crippen LogP contribution in [0.2, 0.25) is 5.02 Å². The van der Waals surface area contributed by atoms with Crippen molar-refractivity contribution in [1.82, 2.24) is 4.57 Å². The summed E-state index contributed by atoms with van der Waals surface area (Å²) in [4.78, 5) is 19.5. The van der Waals surface area contributed by atoms with Gasteiger partial charge in [0.05, 0.1) is 23.4 Å². The molecule has 0 unspecified atom stereocenters. The Balaban J connectivity index is 1.61. The first kappa shape index (κ1) is 21.1. The molecule has 0 radical (unpaired) electrons. The van der Waals surface area contributed by atoms with E-state index in [0.717, 1.165) is 45.8 Å². The summed E-state index contributed by atoms with van der Waals surface area (Å²) in [6.07, 6.45) is 3.72. The van der Waals surface area contributed by atoms with E-state index in [1.54, 1.807) is 7.11 Å². The molecule has 0 saturated heterocycles. The molecule has 4 nitrogen and oxygen atoms in total. The summed E-state index contributed by atoms with van der Waals surface area (Å²) in [5, 5.41) is 0.678. The monoisotopic (exact) mass is 484 g/mol. The third kappa shape index (κ3) is 3.52. The molecule has 34 heavy (non-hydrogen) atoms. The second-order valence-corrected chi connectivity index (χ2v) is 9.89. The van der Waals surface area contributed by atoms with Crippen molar-refractivity contribution < 1.29 is 4.74 Å². The number of aromatic nitrogens is 1. The quantitative estimate of drug-likeness (QED) is 0.411. The van der Waals surface area contributed by atoms with Crippen molar-refractivity contribution in [3.05, 3.63) is 125 Å². The predicted molar refractivity (Wildman–Crippen MR) is 137 cm³/mol. The molecule has 1 atom stereocenters. The standard InChI is InChI=1S/C28H21ClN2O2S/c1-33-21-7-4-5-17(15-21)16-24-27(32)31-26(19-9-12-20(29)13-10-19)23-14-11-18-6-2-3-8-22(18)25(23)30-28(31)34-24/h2-10,12-13,15-16,26H,11,14H2,1H3/b24-16-/t26-/m0/s1. The molecule has 0 N–H and O–H groups in total. The highest BCUT2D eigenvalue weighted by molar-refractivity contribution is 7.07. The topological polar surface area (TPSA) is 43.6 Å². The van der Waals surface area contributed by atoms with Gasteiger partial charge in [0.2, 0.25) is 0 Å². The van der Waals surface area contributed by atoms with E-state index in [1.165, 1.54) is 22.5 Å². The Labute approximate surface area is 205 Å². The molecule has 2 heterocycles. The average Bonchev–Trinajstić information content (AvgIpc) is 3.18. The van der Waals surface area contributed by atoms with Crippen LogP contribution in [0.25, 0.3) is 11.8 Å². The number of ether oxygens (including phenoxy) is 1. The van der Waals surface area contributed by atoms with Crippen LogP contribution in [-0.4, -0.2) is 11.7 Å². The summed E-state index contributed by atoms with van der Waals surface area (Å²) >= 11 is 7.62. The van der Waals surface area contributed by atoms with Gasteiger partial charge in [0.25, 0.3) is 5.56 Å². The van der Waals surface area contributed by atoms with Crippen LogP contribution < -0.4 is 19.6 Å². The zero-order chi connectivity index (χ0) is 23.2. The maximum absolute atomic E-state index is 13.7. The maximum Gasteiger partial charge on any atom is 0.271 e. The number of rotatable bonds is 3. The molecule has 3 aromatic carbocycles. The minimum atomic E-state index is -0.204. The summed E-state index contributed by atoms with van der Waals surface area (Å²) in [7, 11) is 1.64. The van der Waals surface area contributed by atoms with Crippen LogP contribution in [0.4, 0.5) is 0 Å². The van der Waals surface area contributed by atoms with Crippen LogP contribution in [0.5, 0.6) is 5.75 Å². The lowest BCUT2D eigenvalue weighted by molar-refractivity contribution is 0.414. The Morgan fingerprint density at radius 3 is 2.71 bits per heavy atom. The fraction of sp³-hybridized carbons (Fsp3) is 0.143. The minimum absolute atomic E-state index is 0.0306. The first-order valence-electron chi connectivity index (χ1n) is 11.1. The van der Waals surface area contributed by atoms with E-state index in [4.69, 9.17) is 21.3 Å². The first-order chi connectivity index (χ1) is 16.6. The average molecular weight is 485 g/mol. The lowest BCUT2D eigenvalue weighted by atomic mass is 9.83. The van der Waals surface area contributed by atoms with Gasteiger partial charge in [-0.1, -0.05) is 71.5 Å². The number of thiazole rings is 1. The molecule has 0 bridgehead atoms. The SMILES string of the molecule is COc1cccc(/C=c2\sc3n(c2=O)[C@@H](c2ccc(Cl)cc2)C2=C(N=3)c3ccccc3CC2)c1. The van der Waals surface area contributed by atoms with Gasteiger partial charge in [0, 0.05) is 10.6 Å². The fourth-order valence-electron chi connectivity index (χ4n) is 4.85. The van der Waals surface area contributed by atoms with Crippen molar-refractivity contribution in [1.29, 1.82) is 0 Å². The Morgan fingerprint density at radius 1 is 1.06 bits per heavy atom. The fourth-order valence-corrected chi connectivity index (χ4v) is 5.98. The third-order valence-electron chi connectivity index (χ3n) is 6.45. The van der Waals surface area contributed by atoms with Crippen LogP contribution in [0.1, 0.15) is 34.7 Å². The van der Waals surface area contributed by atoms with Crippen molar-refractivity contribution in [2.45, 2.75) is 18.9 Å². The first-order valence-corrected chi connectivity index (χ1v) is 12.3. The van der Waals surface area contributed by atoms with Gasteiger partial charge in [-0.05, 0) is 65.4 Å². The summed E-state index contributed by atoms with van der Waals surface area (Å²) < 4.78 is 7.86. The summed E-state index contributed by atoms with van der Waals surface area (Å²) in [6, 6.07) is 23.8. The second kappa shape index (κ2) is 8.42. The molecule has 2 aliphatic rings. The van der Waals surface area contributed by atoms with E-state index in [9.17, 15) is 4.79 Å². The smallest absolute Gasteiger partial charge is 0.271 e. The van der Waals surface area contributed by atoms with Gasteiger partial charge >= 0.3 is 0 Å². The number of nitrogens with zero attached hydrogens (tertiary/aromatic N) is 2. The summed E-state index contributed by atoms with van der Waals surface area (Å²) in [5.41, 5.74) is 6.57. The van der Waals surface area contributed by atoms with Gasteiger partial charge in [-0.25, -0.2) is 4.99 Å². The predicted octanol–water partition coefficient (Wildman–Crippen LogP) is 4.98. The van der Waals surface area contributed by atoms with E-state index in [0.29, 0.717) is 9.55 Å². The molecule has 1 aliphatic heterocycles. The Kier molecular flexibility index (Phi) is 5.24. The molecule has 0 saturated carbocycles. The van der Waals surface area contributed by atoms with Crippen LogP contribution in [0, 0.1) is 0 Å². The number of allylic oxidation sites excluding steroid dienone is 1. The van der Waals surface area contributed by atoms with Gasteiger partial charge in [0.1, 0.15) is 5.75 Å². The van der Waals surface area contributed by atoms with Crippen molar-refractivity contribution >= 4 is 34.7 Å². The van der Waals surface area contributed by atoms with E-state index < -0.39 is 0 Å². The van der Waals surface area contributed by atoms with E-state index in [1.807, 2.05) is 59.2 Å². The van der Waals surface area contributed by atoms with E-state index >= 15 is 0 Å². The van der Waals surface area contributed by atoms with Gasteiger partial charge in [0.15, 0.2) is 4.80 Å². The van der Waals surface area contributed by atoms with Crippen LogP contribution in [-0.2, 0) is 6.42 Å². The van der Waals surface area contributed by atoms with Crippen LogP contribution in [0.15, 0.2) is 88.2 Å². The molecular weight excluding hydrogens is 464 g/mol. The van der Waals surface area contributed by atoms with Gasteiger partial charge in [-0.15, -0.1) is 0 Å². The third-order valence-corrected chi connectivity index (χ3v) is 7.69. The van der Waals surface area contributed by atoms with Crippen molar-refractivity contribution in [3.63, 3.8) is 0 Å². The highest BCUT2D eigenvalue weighted by Gasteiger charge is 2.32. The number of aryl methyl sites for hydroxylation is 1. The molecule has 168 valence electrons. The Hall–Kier alpha value is -3.41. The zero-order valence-electron chi connectivity index (χ0n) is 18.5. The lowest BCUT2D eigenvalue weighted by Gasteiger charge is -2.30. The van der Waals surface area contributed by atoms with Gasteiger partial charge < -0.3 is 4.74 Å². The van der Waals surface area contributed by atoms with Crippen molar-refractivity contribution in [3.8, 4) is 5.75 Å². The highest BCUT2D eigenvalue weighted by Crippen LogP contribution is 2.41. The zero-order valence-corrected chi connectivity index (χ0v) is 20.1. The molecule has 1 aliphatic carbocycles. The second-order valence-electron chi connectivity index (χ2n) is 8.44. The molecular formula is C28H21ClN2O2S. The number of halogens is 1. The number of fused-ring (bicyclic) bond motifs is 3. The summed E-state index contributed by atoms with van der Waals surface area (Å²) in [6.45, 7) is 0. The molecule has 6 heteroatoms. The van der Waals surface area contributed by atoms with Crippen molar-refractivity contribution in [2.24, 2.45) is 4.99 Å². The van der Waals surface area contributed by atoms with E-state index in [-0.39, 0.29) is 11.6 Å². The number of methoxy groups -OCH3 is 1. The largest absolute Gasteiger partial charge is 0.497 e. The maximum atomic E-state index is 13.7. The highest BCUT2D eigenvalue weighted by atomic mass is 35.5. The van der Waals surface area contributed by atoms with Gasteiger partial charge in [-0.2, -0.15) is 0 Å². The lowest BCUT2D eigenvalue weighted by Crippen LogP contribution is -2.38. The van der Waals surface area contributed by atoms with Gasteiger partial charge in [-0.3, -0.25) is 9.36 Å². The normalized spacial score (nSPS) is 17.0. The van der Waals surface area contributed by atoms with Crippen LogP contribution >= 0.6 is 22.9 Å². The Bertz CT molecular complexity index is 1630. The number of hydrogen-bond donors (Lipinski definition) is 0. The number of hydrogen-bond acceptors (Lipinski definition) is 4. The summed E-state index contributed by atoms with van der Waals surface area (Å²) in [5.74, 6) is 0.757. The van der Waals surface area contributed by atoms with E-state index in [2.05, 4.69) is 24.3 Å². The molecule has 0 fully saturated rings. The Morgan fingerprint density at radius 2 is 1.88 bits per heavy atom. The molecule has 0 spiro atoms.